The first-order valence-electron chi connectivity index (χ1n) is 12.0. The topological polar surface area (TPSA) is 98.8 Å². The third kappa shape index (κ3) is 4.16. The van der Waals surface area contributed by atoms with E-state index in [1.54, 1.807) is 12.1 Å². The van der Waals surface area contributed by atoms with E-state index in [4.69, 9.17) is 16.3 Å². The number of hydrogen-bond donors (Lipinski definition) is 2. The van der Waals surface area contributed by atoms with Gasteiger partial charge < -0.3 is 19.7 Å². The monoisotopic (exact) mass is 530 g/mol. The molecular weight excluding hydrogens is 504 g/mol. The number of aliphatic hydroxyl groups is 1. The lowest BCUT2D eigenvalue weighted by molar-refractivity contribution is -0.132. The second kappa shape index (κ2) is 9.54. The van der Waals surface area contributed by atoms with Crippen molar-refractivity contribution in [3.05, 3.63) is 87.4 Å². The fourth-order valence-electron chi connectivity index (χ4n) is 4.65. The zero-order valence-electron chi connectivity index (χ0n) is 21.7. The molecule has 1 saturated heterocycles. The van der Waals surface area contributed by atoms with Gasteiger partial charge in [-0.25, -0.2) is 4.98 Å². The Hall–Kier alpha value is -4.30. The molecule has 2 N–H and O–H groups in total. The second-order valence-corrected chi connectivity index (χ2v) is 9.92. The van der Waals surface area contributed by atoms with Gasteiger partial charge in [0.15, 0.2) is 0 Å². The average molecular weight is 531 g/mol. The molecule has 8 nitrogen and oxygen atoms in total. The normalized spacial score (nSPS) is 16.9. The Balaban J connectivity index is 1.74. The number of hydrogen-bond acceptors (Lipinski definition) is 6. The Kier molecular flexibility index (Phi) is 6.36. The number of aryl methyl sites for hydroxylation is 2. The maximum absolute atomic E-state index is 13.5. The van der Waals surface area contributed by atoms with Crippen molar-refractivity contribution in [2.45, 2.75) is 19.9 Å². The zero-order valence-corrected chi connectivity index (χ0v) is 22.4. The molecule has 4 aromatic rings. The van der Waals surface area contributed by atoms with Crippen molar-refractivity contribution in [2.75, 3.05) is 31.0 Å². The number of fused-ring (bicyclic) bond motifs is 1. The summed E-state index contributed by atoms with van der Waals surface area (Å²) >= 11 is 6.41. The highest BCUT2D eigenvalue weighted by molar-refractivity contribution is 6.51. The van der Waals surface area contributed by atoms with Crippen LogP contribution < -0.4 is 14.5 Å². The molecule has 1 aliphatic heterocycles. The molecule has 1 fully saturated rings. The van der Waals surface area contributed by atoms with E-state index in [0.29, 0.717) is 16.8 Å². The van der Waals surface area contributed by atoms with Crippen LogP contribution in [0.25, 0.3) is 16.8 Å². The number of amides is 1. The number of benzene rings is 3. The zero-order chi connectivity index (χ0) is 27.3. The second-order valence-electron chi connectivity index (χ2n) is 9.51. The summed E-state index contributed by atoms with van der Waals surface area (Å²) in [5.74, 6) is -1.38. The Labute approximate surface area is 225 Å². The molecule has 5 rings (SSSR count). The van der Waals surface area contributed by atoms with Crippen LogP contribution in [-0.4, -0.2) is 48.0 Å². The number of nitrogens with zero attached hydrogens (tertiary/aromatic N) is 3. The molecule has 0 bridgehead atoms. The summed E-state index contributed by atoms with van der Waals surface area (Å²) in [6.07, 6.45) is 0. The molecule has 9 heteroatoms. The van der Waals surface area contributed by atoms with Crippen LogP contribution in [0.2, 0.25) is 5.02 Å². The van der Waals surface area contributed by atoms with E-state index in [9.17, 15) is 14.7 Å². The third-order valence-electron chi connectivity index (χ3n) is 6.91. The number of nitrogens with one attached hydrogen (secondary N) is 1. The predicted molar refractivity (Wildman–Crippen MR) is 149 cm³/mol. The molecule has 3 aromatic carbocycles. The SMILES string of the molecule is COc1ccc(Cl)c(/C(O)=C2\C(=O)C(=O)N(c3nc4cc(C)c(C)cc4[nH]3)C2c2ccc(N(C)C)cc2)c1. The first kappa shape index (κ1) is 25.4. The highest BCUT2D eigenvalue weighted by Gasteiger charge is 2.48. The fourth-order valence-corrected chi connectivity index (χ4v) is 4.86. The first-order chi connectivity index (χ1) is 18.1. The van der Waals surface area contributed by atoms with Gasteiger partial charge in [-0.15, -0.1) is 0 Å². The smallest absolute Gasteiger partial charge is 0.302 e. The number of imidazole rings is 1. The standard InChI is InChI=1S/C29H27ClN4O4/c1-15-12-22-23(13-16(15)2)32-29(31-22)34-25(17-6-8-18(9-7-17)33(3)4)24(27(36)28(34)37)26(35)20-14-19(38-5)10-11-21(20)30/h6-14,25,35H,1-5H3,(H,31,32)/b26-24+. The van der Waals surface area contributed by atoms with Crippen LogP contribution in [-0.2, 0) is 9.59 Å². The number of aromatic amines is 1. The Morgan fingerprint density at radius 3 is 2.39 bits per heavy atom. The quantitative estimate of drug-likeness (QED) is 0.200. The van der Waals surface area contributed by atoms with Crippen LogP contribution in [0.15, 0.2) is 60.2 Å². The largest absolute Gasteiger partial charge is 0.507 e. The Morgan fingerprint density at radius 2 is 1.74 bits per heavy atom. The number of rotatable bonds is 5. The van der Waals surface area contributed by atoms with E-state index in [1.807, 2.05) is 69.2 Å². The molecule has 194 valence electrons. The van der Waals surface area contributed by atoms with Crippen molar-refractivity contribution in [2.24, 2.45) is 0 Å². The van der Waals surface area contributed by atoms with Gasteiger partial charge in [0.2, 0.25) is 5.95 Å². The van der Waals surface area contributed by atoms with Gasteiger partial charge in [0.25, 0.3) is 5.78 Å². The number of carbonyl (C=O) groups is 2. The summed E-state index contributed by atoms with van der Waals surface area (Å²) in [6.45, 7) is 3.98. The molecule has 1 aromatic heterocycles. The molecule has 1 amide bonds. The van der Waals surface area contributed by atoms with Crippen molar-refractivity contribution in [1.29, 1.82) is 0 Å². The van der Waals surface area contributed by atoms with Gasteiger partial charge in [-0.3, -0.25) is 14.5 Å². The van der Waals surface area contributed by atoms with Crippen molar-refractivity contribution in [1.82, 2.24) is 9.97 Å². The fraction of sp³-hybridized carbons (Fsp3) is 0.207. The highest BCUT2D eigenvalue weighted by atomic mass is 35.5. The molecule has 0 aliphatic carbocycles. The summed E-state index contributed by atoms with van der Waals surface area (Å²) in [5, 5.41) is 11.7. The van der Waals surface area contributed by atoms with Gasteiger partial charge in [0.1, 0.15) is 11.5 Å². The van der Waals surface area contributed by atoms with E-state index >= 15 is 0 Å². The lowest BCUT2D eigenvalue weighted by Crippen LogP contribution is -2.30. The van der Waals surface area contributed by atoms with Gasteiger partial charge in [0.05, 0.1) is 34.8 Å². The van der Waals surface area contributed by atoms with Gasteiger partial charge in [-0.2, -0.15) is 0 Å². The molecule has 0 saturated carbocycles. The molecular formula is C29H27ClN4O4. The number of ketones is 1. The van der Waals surface area contributed by atoms with E-state index in [0.717, 1.165) is 22.3 Å². The van der Waals surface area contributed by atoms with Gasteiger partial charge in [-0.1, -0.05) is 23.7 Å². The average Bonchev–Trinajstić information content (AvgIpc) is 3.41. The number of methoxy groups -OCH3 is 1. The van der Waals surface area contributed by atoms with Gasteiger partial charge in [-0.05, 0) is 73.0 Å². The van der Waals surface area contributed by atoms with E-state index in [1.165, 1.54) is 18.1 Å². The lowest BCUT2D eigenvalue weighted by Gasteiger charge is -2.24. The summed E-state index contributed by atoms with van der Waals surface area (Å²) in [7, 11) is 5.33. The number of aromatic nitrogens is 2. The van der Waals surface area contributed by atoms with E-state index in [2.05, 4.69) is 9.97 Å². The number of halogens is 1. The number of anilines is 2. The van der Waals surface area contributed by atoms with E-state index < -0.39 is 17.7 Å². The molecule has 0 radical (unpaired) electrons. The van der Waals surface area contributed by atoms with Crippen LogP contribution in [0.3, 0.4) is 0 Å². The van der Waals surface area contributed by atoms with Crippen LogP contribution in [0.5, 0.6) is 5.75 Å². The van der Waals surface area contributed by atoms with Crippen molar-refractivity contribution in [3.63, 3.8) is 0 Å². The molecule has 2 heterocycles. The van der Waals surface area contributed by atoms with Gasteiger partial charge >= 0.3 is 5.91 Å². The third-order valence-corrected chi connectivity index (χ3v) is 7.24. The van der Waals surface area contributed by atoms with E-state index in [-0.39, 0.29) is 27.9 Å². The molecule has 1 aliphatic rings. The van der Waals surface area contributed by atoms with Gasteiger partial charge in [0, 0.05) is 25.3 Å². The first-order valence-corrected chi connectivity index (χ1v) is 12.4. The molecule has 1 unspecified atom stereocenters. The minimum absolute atomic E-state index is 0.0874. The van der Waals surface area contributed by atoms with Crippen LogP contribution in [0, 0.1) is 13.8 Å². The molecule has 1 atom stereocenters. The number of aliphatic hydroxyl groups excluding tert-OH is 1. The predicted octanol–water partition coefficient (Wildman–Crippen LogP) is 5.53. The van der Waals surface area contributed by atoms with Crippen LogP contribution >= 0.6 is 11.6 Å². The summed E-state index contributed by atoms with van der Waals surface area (Å²) in [5.41, 5.74) is 5.20. The van der Waals surface area contributed by atoms with Crippen molar-refractivity contribution in [3.8, 4) is 5.75 Å². The minimum atomic E-state index is -0.948. The number of Topliss-reactive ketones (excluding diaryl/α,β-unsaturated/α-hetero) is 1. The summed E-state index contributed by atoms with van der Waals surface area (Å²) in [6, 6.07) is 15.1. The van der Waals surface area contributed by atoms with Crippen LogP contribution in [0.1, 0.15) is 28.3 Å². The number of ether oxygens (including phenoxy) is 1. The molecule has 0 spiro atoms. The minimum Gasteiger partial charge on any atom is -0.507 e. The Bertz CT molecular complexity index is 1580. The summed E-state index contributed by atoms with van der Waals surface area (Å²) in [4.78, 5) is 38.2. The summed E-state index contributed by atoms with van der Waals surface area (Å²) < 4.78 is 5.29. The maximum atomic E-state index is 13.5. The lowest BCUT2D eigenvalue weighted by atomic mass is 9.95. The van der Waals surface area contributed by atoms with Crippen molar-refractivity contribution < 1.29 is 19.4 Å². The van der Waals surface area contributed by atoms with Crippen LogP contribution in [0.4, 0.5) is 11.6 Å². The molecule has 38 heavy (non-hydrogen) atoms. The maximum Gasteiger partial charge on any atom is 0.302 e. The Morgan fingerprint density at radius 1 is 1.05 bits per heavy atom. The highest BCUT2D eigenvalue weighted by Crippen LogP contribution is 2.43. The number of carbonyl (C=O) groups excluding carboxylic acids is 2. The number of H-pyrrole nitrogens is 1. The van der Waals surface area contributed by atoms with Crippen molar-refractivity contribution >= 4 is 51.7 Å².